The number of hydrogen-bond donors (Lipinski definition) is 1. The van der Waals surface area contributed by atoms with Crippen LogP contribution in [0.2, 0.25) is 0 Å². The van der Waals surface area contributed by atoms with Crippen molar-refractivity contribution in [1.82, 2.24) is 24.5 Å². The number of nitrogens with zero attached hydrogens (tertiary/aromatic N) is 7. The second-order valence-electron chi connectivity index (χ2n) is 9.87. The Morgan fingerprint density at radius 2 is 2.00 bits per heavy atom. The van der Waals surface area contributed by atoms with Gasteiger partial charge in [0.15, 0.2) is 0 Å². The lowest BCUT2D eigenvalue weighted by molar-refractivity contribution is 0.00572. The van der Waals surface area contributed by atoms with E-state index in [1.165, 1.54) is 6.20 Å². The summed E-state index contributed by atoms with van der Waals surface area (Å²) in [4.78, 5) is 26.1. The highest BCUT2D eigenvalue weighted by molar-refractivity contribution is 5.95. The minimum atomic E-state index is -0.618. The number of rotatable bonds is 7. The Bertz CT molecular complexity index is 1550. The molecule has 3 aliphatic rings. The number of nitriles is 1. The Morgan fingerprint density at radius 1 is 1.18 bits per heavy atom. The number of pyridine rings is 3. The highest BCUT2D eigenvalue weighted by atomic mass is 16.5. The third kappa shape index (κ3) is 4.49. The first-order valence-electron chi connectivity index (χ1n) is 12.7. The molecule has 3 unspecified atom stereocenters. The highest BCUT2D eigenvalue weighted by Crippen LogP contribution is 2.36. The van der Waals surface area contributed by atoms with Crippen LogP contribution in [0.15, 0.2) is 55.1 Å². The molecule has 7 heterocycles. The van der Waals surface area contributed by atoms with Crippen molar-refractivity contribution in [2.75, 3.05) is 31.7 Å². The van der Waals surface area contributed by atoms with E-state index < -0.39 is 6.10 Å². The minimum Gasteiger partial charge on any atom is -0.489 e. The van der Waals surface area contributed by atoms with Crippen molar-refractivity contribution in [2.45, 2.75) is 31.5 Å². The Hall–Kier alpha value is -4.69. The lowest BCUT2D eigenvalue weighted by Gasteiger charge is -2.56. The van der Waals surface area contributed by atoms with Gasteiger partial charge in [-0.25, -0.2) is 14.5 Å². The van der Waals surface area contributed by atoms with E-state index in [0.29, 0.717) is 41.4 Å². The zero-order chi connectivity index (χ0) is 27.1. The molecule has 1 amide bonds. The van der Waals surface area contributed by atoms with Gasteiger partial charge in [0.2, 0.25) is 5.88 Å². The zero-order valence-corrected chi connectivity index (χ0v) is 21.6. The third-order valence-corrected chi connectivity index (χ3v) is 7.20. The minimum absolute atomic E-state index is 0.00910. The van der Waals surface area contributed by atoms with E-state index in [4.69, 9.17) is 14.5 Å². The maximum atomic E-state index is 13.1. The second-order valence-corrected chi connectivity index (χ2v) is 9.87. The van der Waals surface area contributed by atoms with Crippen molar-refractivity contribution >= 4 is 17.2 Å². The van der Waals surface area contributed by atoms with Crippen LogP contribution < -0.4 is 14.4 Å². The molecule has 0 aliphatic carbocycles. The number of carbonyl (C=O) groups is 1. The largest absolute Gasteiger partial charge is 0.489 e. The van der Waals surface area contributed by atoms with Crippen molar-refractivity contribution < 1.29 is 19.4 Å². The number of methoxy groups -OCH3 is 1. The average molecular weight is 526 g/mol. The van der Waals surface area contributed by atoms with E-state index in [9.17, 15) is 15.2 Å². The SMILES string of the molecule is COc1ccc(C(=O)N2C3CC2CN(c2ccc(-c4cc(OCC(C)O)cn5ncc(C#N)c45)cn2)C3)cn1. The molecule has 7 rings (SSSR count). The quantitative estimate of drug-likeness (QED) is 0.387. The molecule has 39 heavy (non-hydrogen) atoms. The molecule has 4 aromatic rings. The fourth-order valence-corrected chi connectivity index (χ4v) is 5.33. The van der Waals surface area contributed by atoms with Crippen molar-refractivity contribution in [3.8, 4) is 28.8 Å². The third-order valence-electron chi connectivity index (χ3n) is 7.20. The molecule has 0 aromatic carbocycles. The number of aliphatic hydroxyl groups excluding tert-OH is 1. The number of ether oxygens (including phenoxy) is 2. The van der Waals surface area contributed by atoms with Crippen LogP contribution in [0.4, 0.5) is 5.82 Å². The van der Waals surface area contributed by atoms with Gasteiger partial charge in [-0.05, 0) is 37.6 Å². The molecule has 0 saturated carbocycles. The topological polar surface area (TPSA) is 129 Å². The van der Waals surface area contributed by atoms with Gasteiger partial charge >= 0.3 is 0 Å². The van der Waals surface area contributed by atoms with Gasteiger partial charge in [-0.2, -0.15) is 10.4 Å². The van der Waals surface area contributed by atoms with Gasteiger partial charge in [0, 0.05) is 42.7 Å². The van der Waals surface area contributed by atoms with Crippen LogP contribution in [-0.4, -0.2) is 80.5 Å². The summed E-state index contributed by atoms with van der Waals surface area (Å²) in [6.45, 7) is 3.19. The first-order chi connectivity index (χ1) is 18.9. The van der Waals surface area contributed by atoms with Crippen molar-refractivity contribution in [3.05, 3.63) is 66.2 Å². The van der Waals surface area contributed by atoms with E-state index in [0.717, 1.165) is 23.4 Å². The standard InChI is InChI=1S/C28H27N7O4/c1-17(36)16-39-23-8-24(27-20(9-29)12-32-34(27)15-23)18-3-5-25(30-10-18)33-13-21-7-22(14-33)35(21)28(37)19-4-6-26(38-2)31-11-19/h3-6,8,10-12,15,17,21-22,36H,7,13-14,16H2,1-2H3. The maximum Gasteiger partial charge on any atom is 0.256 e. The van der Waals surface area contributed by atoms with Gasteiger partial charge < -0.3 is 24.4 Å². The van der Waals surface area contributed by atoms with Crippen LogP contribution in [0.3, 0.4) is 0 Å². The number of piperidine rings is 1. The lowest BCUT2D eigenvalue weighted by atomic mass is 9.86. The molecule has 0 radical (unpaired) electrons. The van der Waals surface area contributed by atoms with Gasteiger partial charge in [0.25, 0.3) is 5.91 Å². The van der Waals surface area contributed by atoms with Gasteiger partial charge in [0.05, 0.1) is 54.3 Å². The van der Waals surface area contributed by atoms with E-state index in [-0.39, 0.29) is 24.6 Å². The van der Waals surface area contributed by atoms with Crippen molar-refractivity contribution in [1.29, 1.82) is 5.26 Å². The number of hydrogen-bond acceptors (Lipinski definition) is 9. The first-order valence-corrected chi connectivity index (χ1v) is 12.7. The second kappa shape index (κ2) is 9.89. The Kier molecular flexibility index (Phi) is 6.24. The number of anilines is 1. The van der Waals surface area contributed by atoms with Gasteiger partial charge in [-0.3, -0.25) is 4.79 Å². The lowest BCUT2D eigenvalue weighted by Crippen LogP contribution is -2.70. The molecule has 3 saturated heterocycles. The van der Waals surface area contributed by atoms with E-state index in [1.807, 2.05) is 23.1 Å². The summed E-state index contributed by atoms with van der Waals surface area (Å²) in [6.07, 6.45) is 6.91. The number of amides is 1. The molecule has 2 bridgehead atoms. The zero-order valence-electron chi connectivity index (χ0n) is 21.6. The highest BCUT2D eigenvalue weighted by Gasteiger charge is 2.47. The van der Waals surface area contributed by atoms with Crippen LogP contribution in [0, 0.1) is 11.3 Å². The summed E-state index contributed by atoms with van der Waals surface area (Å²) < 4.78 is 12.4. The molecule has 0 spiro atoms. The van der Waals surface area contributed by atoms with Crippen LogP contribution in [0.5, 0.6) is 11.6 Å². The fraction of sp³-hybridized carbons (Fsp3) is 0.321. The molecule has 3 fully saturated rings. The van der Waals surface area contributed by atoms with Crippen LogP contribution in [0.25, 0.3) is 16.6 Å². The number of fused-ring (bicyclic) bond motifs is 3. The number of aromatic nitrogens is 4. The normalized spacial score (nSPS) is 18.8. The van der Waals surface area contributed by atoms with E-state index in [2.05, 4.69) is 21.1 Å². The average Bonchev–Trinajstić information content (AvgIpc) is 3.39. The monoisotopic (exact) mass is 525 g/mol. The van der Waals surface area contributed by atoms with Gasteiger partial charge in [-0.15, -0.1) is 0 Å². The van der Waals surface area contributed by atoms with Gasteiger partial charge in [0.1, 0.15) is 24.2 Å². The summed E-state index contributed by atoms with van der Waals surface area (Å²) >= 11 is 0. The van der Waals surface area contributed by atoms with E-state index >= 15 is 0 Å². The molecule has 3 aliphatic heterocycles. The van der Waals surface area contributed by atoms with Crippen LogP contribution in [0.1, 0.15) is 29.3 Å². The molecule has 4 aromatic heterocycles. The Balaban J connectivity index is 1.21. The van der Waals surface area contributed by atoms with Crippen LogP contribution in [-0.2, 0) is 0 Å². The molecular weight excluding hydrogens is 498 g/mol. The van der Waals surface area contributed by atoms with E-state index in [1.54, 1.807) is 49.3 Å². The number of aliphatic hydroxyl groups is 1. The number of piperazine rings is 1. The molecular formula is C28H27N7O4. The fourth-order valence-electron chi connectivity index (χ4n) is 5.33. The Labute approximate surface area is 224 Å². The molecule has 198 valence electrons. The van der Waals surface area contributed by atoms with Crippen molar-refractivity contribution in [2.24, 2.45) is 0 Å². The predicted octanol–water partition coefficient (Wildman–Crippen LogP) is 2.53. The smallest absolute Gasteiger partial charge is 0.256 e. The number of carbonyl (C=O) groups excluding carboxylic acids is 1. The summed E-state index contributed by atoms with van der Waals surface area (Å²) in [6, 6.07) is 11.7. The molecule has 3 atom stereocenters. The maximum absolute atomic E-state index is 13.1. The molecule has 1 N–H and O–H groups in total. The first kappa shape index (κ1) is 24.6. The molecule has 11 heteroatoms. The summed E-state index contributed by atoms with van der Waals surface area (Å²) in [5.74, 6) is 1.83. The van der Waals surface area contributed by atoms with Crippen LogP contribution >= 0.6 is 0 Å². The summed E-state index contributed by atoms with van der Waals surface area (Å²) in [5, 5.41) is 23.5. The summed E-state index contributed by atoms with van der Waals surface area (Å²) in [5.41, 5.74) is 3.25. The summed E-state index contributed by atoms with van der Waals surface area (Å²) in [7, 11) is 1.55. The van der Waals surface area contributed by atoms with Gasteiger partial charge in [-0.1, -0.05) is 0 Å². The Morgan fingerprint density at radius 3 is 2.64 bits per heavy atom. The predicted molar refractivity (Wildman–Crippen MR) is 142 cm³/mol. The van der Waals surface area contributed by atoms with Crippen molar-refractivity contribution in [3.63, 3.8) is 0 Å². The molecule has 11 nitrogen and oxygen atoms in total.